The predicted molar refractivity (Wildman–Crippen MR) is 130 cm³/mol. The van der Waals surface area contributed by atoms with Crippen LogP contribution in [0.1, 0.15) is 17.3 Å². The number of carbonyl (C=O) groups is 2. The summed E-state index contributed by atoms with van der Waals surface area (Å²) >= 11 is 0. The molecule has 35 heavy (non-hydrogen) atoms. The van der Waals surface area contributed by atoms with Crippen molar-refractivity contribution in [2.75, 3.05) is 50.7 Å². The summed E-state index contributed by atoms with van der Waals surface area (Å²) in [5, 5.41) is 12.0. The molecule has 180 valence electrons. The van der Waals surface area contributed by atoms with Crippen LogP contribution in [0.4, 0.5) is 16.2 Å². The van der Waals surface area contributed by atoms with Crippen molar-refractivity contribution in [3.63, 3.8) is 0 Å². The molecule has 1 aromatic heterocycles. The fourth-order valence-corrected chi connectivity index (χ4v) is 5.56. The van der Waals surface area contributed by atoms with E-state index >= 15 is 0 Å². The smallest absolute Gasteiger partial charge is 0.327 e. The molecule has 10 heteroatoms. The van der Waals surface area contributed by atoms with Crippen molar-refractivity contribution >= 4 is 34.2 Å². The maximum atomic E-state index is 13.3. The first kappa shape index (κ1) is 21.6. The lowest BCUT2D eigenvalue weighted by atomic mass is 9.98. The van der Waals surface area contributed by atoms with E-state index in [-0.39, 0.29) is 17.6 Å². The van der Waals surface area contributed by atoms with E-state index in [4.69, 9.17) is 0 Å². The predicted octanol–water partition coefficient (Wildman–Crippen LogP) is 2.76. The topological polar surface area (TPSA) is 106 Å². The molecule has 10 nitrogen and oxygen atoms in total. The molecule has 1 atom stereocenters. The minimum atomic E-state index is -0.558. The number of nitrogens with zero attached hydrogens (tertiary/aromatic N) is 5. The molecule has 0 spiro atoms. The molecule has 3 aromatic rings. The van der Waals surface area contributed by atoms with Crippen LogP contribution < -0.4 is 4.90 Å². The van der Waals surface area contributed by atoms with Crippen molar-refractivity contribution in [1.29, 1.82) is 0 Å². The van der Waals surface area contributed by atoms with Gasteiger partial charge in [0.1, 0.15) is 0 Å². The number of hydrogen-bond acceptors (Lipinski definition) is 6. The van der Waals surface area contributed by atoms with E-state index < -0.39 is 11.0 Å². The molecule has 3 aliphatic rings. The number of amides is 3. The van der Waals surface area contributed by atoms with Crippen LogP contribution in [0.25, 0.3) is 10.9 Å². The number of aromatic nitrogens is 1. The first-order valence-corrected chi connectivity index (χ1v) is 11.9. The molecule has 1 unspecified atom stereocenters. The molecule has 2 saturated heterocycles. The average Bonchev–Trinajstić information content (AvgIpc) is 3.38. The van der Waals surface area contributed by atoms with Crippen molar-refractivity contribution in [3.8, 4) is 0 Å². The van der Waals surface area contributed by atoms with Crippen molar-refractivity contribution < 1.29 is 14.5 Å². The Labute approximate surface area is 201 Å². The Bertz CT molecular complexity index is 1310. The Morgan fingerprint density at radius 2 is 1.69 bits per heavy atom. The highest BCUT2D eigenvalue weighted by atomic mass is 16.6. The van der Waals surface area contributed by atoms with Crippen LogP contribution in [-0.2, 0) is 11.2 Å². The Balaban J connectivity index is 1.09. The lowest BCUT2D eigenvalue weighted by Gasteiger charge is -2.36. The number of benzene rings is 2. The minimum Gasteiger partial charge on any atom is -0.369 e. The number of hydrogen-bond donors (Lipinski definition) is 1. The van der Waals surface area contributed by atoms with Crippen LogP contribution in [-0.4, -0.2) is 82.4 Å². The van der Waals surface area contributed by atoms with Crippen molar-refractivity contribution in [1.82, 2.24) is 19.7 Å². The van der Waals surface area contributed by atoms with Crippen LogP contribution in [0.15, 0.2) is 48.5 Å². The molecule has 2 aromatic carbocycles. The fraction of sp³-hybridized carbons (Fsp3) is 0.360. The SMILES string of the molecule is O=C1C2c3[nH]c4ccccc4c3CCN2C(=O)N1CCN1CCN(c2ccc([N+](=O)[O-])cc2)CC1. The summed E-state index contributed by atoms with van der Waals surface area (Å²) in [6.07, 6.45) is 0.743. The molecule has 1 N–H and O–H groups in total. The van der Waals surface area contributed by atoms with Crippen molar-refractivity contribution in [3.05, 3.63) is 69.9 Å². The number of nitrogens with one attached hydrogen (secondary N) is 1. The van der Waals surface area contributed by atoms with E-state index in [1.165, 1.54) is 17.0 Å². The van der Waals surface area contributed by atoms with E-state index in [2.05, 4.69) is 20.9 Å². The molecule has 0 aliphatic carbocycles. The summed E-state index contributed by atoms with van der Waals surface area (Å²) in [6.45, 7) is 4.72. The van der Waals surface area contributed by atoms with Crippen LogP contribution in [0.2, 0.25) is 0 Å². The highest BCUT2D eigenvalue weighted by Crippen LogP contribution is 2.39. The number of fused-ring (bicyclic) bond motifs is 5. The summed E-state index contributed by atoms with van der Waals surface area (Å²) in [4.78, 5) is 47.9. The van der Waals surface area contributed by atoms with Gasteiger partial charge in [-0.2, -0.15) is 0 Å². The molecule has 0 radical (unpaired) electrons. The van der Waals surface area contributed by atoms with Gasteiger partial charge in [0.15, 0.2) is 6.04 Å². The number of H-pyrrole nitrogens is 1. The summed E-state index contributed by atoms with van der Waals surface area (Å²) in [7, 11) is 0. The normalized spacial score (nSPS) is 20.5. The third kappa shape index (κ3) is 3.61. The molecule has 0 bridgehead atoms. The summed E-state index contributed by atoms with van der Waals surface area (Å²) < 4.78 is 0. The van der Waals surface area contributed by atoms with Gasteiger partial charge in [0.25, 0.3) is 11.6 Å². The molecule has 4 heterocycles. The summed E-state index contributed by atoms with van der Waals surface area (Å²) in [5.41, 5.74) is 4.06. The molecular weight excluding hydrogens is 448 g/mol. The molecule has 3 amide bonds. The number of para-hydroxylation sites is 1. The van der Waals surface area contributed by atoms with E-state index in [0.29, 0.717) is 19.6 Å². The van der Waals surface area contributed by atoms with E-state index in [0.717, 1.165) is 60.4 Å². The third-order valence-electron chi connectivity index (χ3n) is 7.45. The molecule has 3 aliphatic heterocycles. The number of non-ortho nitro benzene ring substituents is 1. The number of rotatable bonds is 5. The Morgan fingerprint density at radius 3 is 2.43 bits per heavy atom. The van der Waals surface area contributed by atoms with Crippen LogP contribution in [0.5, 0.6) is 0 Å². The van der Waals surface area contributed by atoms with Gasteiger partial charge < -0.3 is 14.8 Å². The second-order valence-electron chi connectivity index (χ2n) is 9.28. The molecule has 2 fully saturated rings. The monoisotopic (exact) mass is 474 g/mol. The van der Waals surface area contributed by atoms with Gasteiger partial charge in [0.05, 0.1) is 10.6 Å². The Kier molecular flexibility index (Phi) is 5.18. The zero-order valence-electron chi connectivity index (χ0n) is 19.2. The Hall–Kier alpha value is -3.92. The number of carbonyl (C=O) groups excluding carboxylic acids is 2. The maximum absolute atomic E-state index is 13.3. The van der Waals surface area contributed by atoms with Gasteiger partial charge in [-0.15, -0.1) is 0 Å². The van der Waals surface area contributed by atoms with Gasteiger partial charge in [0.2, 0.25) is 0 Å². The van der Waals surface area contributed by atoms with Gasteiger partial charge >= 0.3 is 6.03 Å². The fourth-order valence-electron chi connectivity index (χ4n) is 5.56. The van der Waals surface area contributed by atoms with Gasteiger partial charge in [-0.3, -0.25) is 24.7 Å². The second-order valence-corrected chi connectivity index (χ2v) is 9.28. The lowest BCUT2D eigenvalue weighted by molar-refractivity contribution is -0.384. The van der Waals surface area contributed by atoms with Gasteiger partial charge in [-0.25, -0.2) is 4.79 Å². The van der Waals surface area contributed by atoms with Gasteiger partial charge in [-0.05, 0) is 30.2 Å². The number of anilines is 1. The van der Waals surface area contributed by atoms with Crippen molar-refractivity contribution in [2.24, 2.45) is 0 Å². The van der Waals surface area contributed by atoms with Gasteiger partial charge in [-0.1, -0.05) is 18.2 Å². The van der Waals surface area contributed by atoms with Crippen LogP contribution >= 0.6 is 0 Å². The lowest BCUT2D eigenvalue weighted by Crippen LogP contribution is -2.49. The first-order valence-electron chi connectivity index (χ1n) is 11.9. The van der Waals surface area contributed by atoms with E-state index in [1.807, 2.05) is 18.2 Å². The largest absolute Gasteiger partial charge is 0.369 e. The molecular formula is C25H26N6O4. The van der Waals surface area contributed by atoms with Crippen LogP contribution in [0.3, 0.4) is 0 Å². The van der Waals surface area contributed by atoms with Crippen molar-refractivity contribution in [2.45, 2.75) is 12.5 Å². The average molecular weight is 475 g/mol. The summed E-state index contributed by atoms with van der Waals surface area (Å²) in [5.74, 6) is -0.146. The molecule has 6 rings (SSSR count). The third-order valence-corrected chi connectivity index (χ3v) is 7.45. The quantitative estimate of drug-likeness (QED) is 0.346. The highest BCUT2D eigenvalue weighted by Gasteiger charge is 2.49. The Morgan fingerprint density at radius 1 is 0.943 bits per heavy atom. The first-order chi connectivity index (χ1) is 17.0. The zero-order valence-corrected chi connectivity index (χ0v) is 19.2. The number of nitro groups is 1. The molecule has 0 saturated carbocycles. The number of nitro benzene ring substituents is 1. The number of piperazine rings is 1. The van der Waals surface area contributed by atoms with Gasteiger partial charge in [0, 0.05) is 74.5 Å². The van der Waals surface area contributed by atoms with E-state index in [1.54, 1.807) is 17.0 Å². The second kappa shape index (κ2) is 8.38. The standard InChI is InChI=1S/C25H26N6O4/c32-24-23-22-20(19-3-1-2-4-21(19)26-22)9-10-29(23)25(33)30(24)16-13-27-11-14-28(15-12-27)17-5-7-18(8-6-17)31(34)35/h1-8,23,26H,9-16H2. The number of imide groups is 1. The highest BCUT2D eigenvalue weighted by molar-refractivity contribution is 6.05. The number of urea groups is 1. The summed E-state index contributed by atoms with van der Waals surface area (Å²) in [6, 6.07) is 13.9. The minimum absolute atomic E-state index is 0.0863. The van der Waals surface area contributed by atoms with Crippen LogP contribution in [0, 0.1) is 10.1 Å². The zero-order chi connectivity index (χ0) is 24.1. The van der Waals surface area contributed by atoms with E-state index in [9.17, 15) is 19.7 Å². The number of aromatic amines is 1. The maximum Gasteiger partial charge on any atom is 0.327 e.